The molecule has 1 unspecified atom stereocenters. The van der Waals surface area contributed by atoms with Crippen molar-refractivity contribution >= 4 is 0 Å². The van der Waals surface area contributed by atoms with Crippen LogP contribution in [0.5, 0.6) is 0 Å². The van der Waals surface area contributed by atoms with E-state index in [1.807, 2.05) is 0 Å². The quantitative estimate of drug-likeness (QED) is 0.740. The van der Waals surface area contributed by atoms with Gasteiger partial charge in [-0.25, -0.2) is 0 Å². The van der Waals surface area contributed by atoms with Crippen LogP contribution in [0.3, 0.4) is 0 Å². The molecule has 2 aromatic rings. The highest BCUT2D eigenvalue weighted by Gasteiger charge is 2.10. The highest BCUT2D eigenvalue weighted by atomic mass is 14.1. The van der Waals surface area contributed by atoms with Crippen LogP contribution in [-0.4, -0.2) is 0 Å². The Morgan fingerprint density at radius 1 is 0.737 bits per heavy atom. The van der Waals surface area contributed by atoms with Crippen molar-refractivity contribution in [2.24, 2.45) is 5.92 Å². The monoisotopic (exact) mass is 246 g/mol. The van der Waals surface area contributed by atoms with Crippen molar-refractivity contribution in [3.8, 4) is 0 Å². The second kappa shape index (κ2) is 5.71. The van der Waals surface area contributed by atoms with Gasteiger partial charge in [0.05, 0.1) is 0 Å². The van der Waals surface area contributed by atoms with E-state index in [9.17, 15) is 0 Å². The summed E-state index contributed by atoms with van der Waals surface area (Å²) >= 11 is 0. The van der Waals surface area contributed by atoms with Crippen molar-refractivity contribution in [3.05, 3.63) is 95.6 Å². The van der Waals surface area contributed by atoms with Crippen molar-refractivity contribution in [2.75, 3.05) is 0 Å². The first kappa shape index (κ1) is 12.0. The van der Waals surface area contributed by atoms with Gasteiger partial charge in [-0.3, -0.25) is 0 Å². The van der Waals surface area contributed by atoms with Crippen molar-refractivity contribution in [3.63, 3.8) is 0 Å². The molecular formula is C19H18. The van der Waals surface area contributed by atoms with Crippen LogP contribution in [0.1, 0.15) is 11.1 Å². The maximum absolute atomic E-state index is 2.40. The zero-order chi connectivity index (χ0) is 12.9. The van der Waals surface area contributed by atoms with Crippen LogP contribution in [0, 0.1) is 5.92 Å². The fourth-order valence-electron chi connectivity index (χ4n) is 2.60. The number of allylic oxidation sites excluding steroid dienone is 4. The van der Waals surface area contributed by atoms with Gasteiger partial charge in [0.1, 0.15) is 0 Å². The molecule has 0 radical (unpaired) electrons. The lowest BCUT2D eigenvalue weighted by atomic mass is 10.00. The minimum Gasteiger partial charge on any atom is -0.0770 e. The van der Waals surface area contributed by atoms with Gasteiger partial charge in [0.25, 0.3) is 0 Å². The summed E-state index contributed by atoms with van der Waals surface area (Å²) in [5.41, 5.74) is 4.24. The molecule has 0 spiro atoms. The summed E-state index contributed by atoms with van der Waals surface area (Å²) < 4.78 is 0. The van der Waals surface area contributed by atoms with Gasteiger partial charge in [0.15, 0.2) is 0 Å². The minimum atomic E-state index is 0.557. The summed E-state index contributed by atoms with van der Waals surface area (Å²) in [6, 6.07) is 21.4. The molecule has 0 aromatic heterocycles. The molecule has 0 aliphatic heterocycles. The van der Waals surface area contributed by atoms with Crippen LogP contribution in [0.15, 0.2) is 84.5 Å². The maximum atomic E-state index is 2.40. The SMILES string of the molecule is C1=CC(Cc2ccccc2)C=C1Cc1ccccc1. The van der Waals surface area contributed by atoms with E-state index in [4.69, 9.17) is 0 Å². The second-order valence-electron chi connectivity index (χ2n) is 5.12. The van der Waals surface area contributed by atoms with Crippen molar-refractivity contribution in [1.82, 2.24) is 0 Å². The zero-order valence-electron chi connectivity index (χ0n) is 11.0. The van der Waals surface area contributed by atoms with E-state index in [0.29, 0.717) is 5.92 Å². The normalized spacial score (nSPS) is 17.5. The molecule has 2 aromatic carbocycles. The Morgan fingerprint density at radius 3 is 2.05 bits per heavy atom. The molecule has 0 amide bonds. The molecule has 0 bridgehead atoms. The summed E-state index contributed by atoms with van der Waals surface area (Å²) in [4.78, 5) is 0. The molecule has 0 heteroatoms. The van der Waals surface area contributed by atoms with E-state index >= 15 is 0 Å². The van der Waals surface area contributed by atoms with Gasteiger partial charge in [-0.2, -0.15) is 0 Å². The van der Waals surface area contributed by atoms with E-state index < -0.39 is 0 Å². The molecule has 0 nitrogen and oxygen atoms in total. The number of rotatable bonds is 4. The average molecular weight is 246 g/mol. The smallest absolute Gasteiger partial charge is 0.000391 e. The predicted octanol–water partition coefficient (Wildman–Crippen LogP) is 4.58. The highest BCUT2D eigenvalue weighted by molar-refractivity contribution is 5.35. The van der Waals surface area contributed by atoms with Crippen LogP contribution in [0.2, 0.25) is 0 Å². The first-order chi connectivity index (χ1) is 9.40. The fraction of sp³-hybridized carbons (Fsp3) is 0.158. The Labute approximate surface area is 115 Å². The molecule has 0 heterocycles. The second-order valence-corrected chi connectivity index (χ2v) is 5.12. The first-order valence-corrected chi connectivity index (χ1v) is 6.87. The van der Waals surface area contributed by atoms with E-state index in [0.717, 1.165) is 12.8 Å². The van der Waals surface area contributed by atoms with Gasteiger partial charge < -0.3 is 0 Å². The molecule has 19 heavy (non-hydrogen) atoms. The van der Waals surface area contributed by atoms with Crippen molar-refractivity contribution in [2.45, 2.75) is 12.8 Å². The van der Waals surface area contributed by atoms with Gasteiger partial charge in [-0.1, -0.05) is 78.9 Å². The van der Waals surface area contributed by atoms with Crippen LogP contribution >= 0.6 is 0 Å². The molecule has 0 saturated heterocycles. The van der Waals surface area contributed by atoms with Crippen molar-refractivity contribution in [1.29, 1.82) is 0 Å². The third-order valence-corrected chi connectivity index (χ3v) is 3.55. The highest BCUT2D eigenvalue weighted by Crippen LogP contribution is 2.22. The third-order valence-electron chi connectivity index (χ3n) is 3.55. The van der Waals surface area contributed by atoms with Gasteiger partial charge >= 0.3 is 0 Å². The molecule has 0 fully saturated rings. The lowest BCUT2D eigenvalue weighted by molar-refractivity contribution is 0.813. The third kappa shape index (κ3) is 3.23. The standard InChI is InChI=1S/C19H18/c1-3-7-16(8-4-1)13-18-11-12-19(15-18)14-17-9-5-2-6-10-17/h1-12,15,18H,13-14H2. The van der Waals surface area contributed by atoms with E-state index in [1.54, 1.807) is 0 Å². The van der Waals surface area contributed by atoms with Crippen LogP contribution < -0.4 is 0 Å². The summed E-state index contributed by atoms with van der Waals surface area (Å²) in [5.74, 6) is 0.557. The largest absolute Gasteiger partial charge is 0.0770 e. The molecule has 0 N–H and O–H groups in total. The molecule has 0 saturated carbocycles. The Bertz CT molecular complexity index is 576. The minimum absolute atomic E-state index is 0.557. The Hall–Kier alpha value is -2.08. The molecular weight excluding hydrogens is 228 g/mol. The summed E-state index contributed by atoms with van der Waals surface area (Å²) in [5, 5.41) is 0. The number of hydrogen-bond donors (Lipinski definition) is 0. The number of hydrogen-bond acceptors (Lipinski definition) is 0. The van der Waals surface area contributed by atoms with E-state index in [2.05, 4.69) is 78.9 Å². The zero-order valence-corrected chi connectivity index (χ0v) is 11.0. The van der Waals surface area contributed by atoms with Gasteiger partial charge in [0, 0.05) is 0 Å². The Balaban J connectivity index is 1.64. The molecule has 1 aliphatic carbocycles. The Morgan fingerprint density at radius 2 is 1.37 bits per heavy atom. The van der Waals surface area contributed by atoms with E-state index in [-0.39, 0.29) is 0 Å². The van der Waals surface area contributed by atoms with Crippen LogP contribution in [0.25, 0.3) is 0 Å². The molecule has 1 aliphatic rings. The maximum Gasteiger partial charge on any atom is -0.000391 e. The number of benzene rings is 2. The van der Waals surface area contributed by atoms with Crippen LogP contribution in [-0.2, 0) is 12.8 Å². The molecule has 3 rings (SSSR count). The van der Waals surface area contributed by atoms with Gasteiger partial charge in [-0.05, 0) is 35.5 Å². The van der Waals surface area contributed by atoms with Gasteiger partial charge in [0.2, 0.25) is 0 Å². The predicted molar refractivity (Wildman–Crippen MR) is 81.0 cm³/mol. The fourth-order valence-corrected chi connectivity index (χ4v) is 2.60. The Kier molecular flexibility index (Phi) is 3.60. The van der Waals surface area contributed by atoms with Gasteiger partial charge in [-0.15, -0.1) is 0 Å². The first-order valence-electron chi connectivity index (χ1n) is 6.87. The topological polar surface area (TPSA) is 0 Å². The summed E-state index contributed by atoms with van der Waals surface area (Å²) in [6.07, 6.45) is 9.16. The van der Waals surface area contributed by atoms with Crippen LogP contribution in [0.4, 0.5) is 0 Å². The van der Waals surface area contributed by atoms with E-state index in [1.165, 1.54) is 16.7 Å². The summed E-state index contributed by atoms with van der Waals surface area (Å²) in [6.45, 7) is 0. The lowest BCUT2D eigenvalue weighted by Crippen LogP contribution is -1.95. The lowest BCUT2D eigenvalue weighted by Gasteiger charge is -2.05. The molecule has 1 atom stereocenters. The average Bonchev–Trinajstić information content (AvgIpc) is 2.88. The molecule has 94 valence electrons. The van der Waals surface area contributed by atoms with Crippen molar-refractivity contribution < 1.29 is 0 Å². The summed E-state index contributed by atoms with van der Waals surface area (Å²) in [7, 11) is 0.